The number of esters is 1. The van der Waals surface area contributed by atoms with Gasteiger partial charge in [0.15, 0.2) is 5.60 Å². The normalized spacial score (nSPS) is 38.9. The van der Waals surface area contributed by atoms with Gasteiger partial charge in [0.1, 0.15) is 5.75 Å². The fraction of sp³-hybridized carbons (Fsp3) is 0.619. The molecule has 5 atom stereocenters. The molecule has 1 aromatic carbocycles. The monoisotopic (exact) mass is 339 g/mol. The first-order valence-electron chi connectivity index (χ1n) is 9.33. The molecule has 4 rings (SSSR count). The first-order chi connectivity index (χ1) is 11.9. The molecule has 1 aromatic rings. The van der Waals surface area contributed by atoms with Crippen molar-refractivity contribution < 1.29 is 14.6 Å². The molecule has 2 saturated carbocycles. The Labute approximate surface area is 148 Å². The van der Waals surface area contributed by atoms with Gasteiger partial charge in [0.25, 0.3) is 0 Å². The number of benzene rings is 1. The highest BCUT2D eigenvalue weighted by atomic mass is 16.5. The molecule has 4 nitrogen and oxygen atoms in total. The zero-order valence-corrected chi connectivity index (χ0v) is 14.9. The van der Waals surface area contributed by atoms with Crippen molar-refractivity contribution in [3.05, 3.63) is 29.3 Å². The molecule has 3 aliphatic rings. The summed E-state index contributed by atoms with van der Waals surface area (Å²) in [5.74, 6) is 1.79. The second kappa shape index (κ2) is 5.57. The van der Waals surface area contributed by atoms with Crippen LogP contribution in [0.15, 0.2) is 18.2 Å². The average Bonchev–Trinajstić information content (AvgIpc) is 2.86. The number of aryl methyl sites for hydroxylation is 1. The summed E-state index contributed by atoms with van der Waals surface area (Å²) in [7, 11) is 0. The minimum absolute atomic E-state index is 0.280. The predicted molar refractivity (Wildman–Crippen MR) is 92.9 cm³/mol. The van der Waals surface area contributed by atoms with E-state index >= 15 is 0 Å². The van der Waals surface area contributed by atoms with Crippen LogP contribution in [0.3, 0.4) is 0 Å². The third kappa shape index (κ3) is 2.33. The van der Waals surface area contributed by atoms with Crippen LogP contribution in [-0.2, 0) is 11.2 Å². The van der Waals surface area contributed by atoms with Crippen LogP contribution >= 0.6 is 0 Å². The van der Waals surface area contributed by atoms with Crippen molar-refractivity contribution in [1.29, 1.82) is 5.26 Å². The number of carbonyl (C=O) groups excluding carboxylic acids is 1. The van der Waals surface area contributed by atoms with Gasteiger partial charge < -0.3 is 9.84 Å². The molecule has 25 heavy (non-hydrogen) atoms. The number of hydrogen-bond donors (Lipinski definition) is 1. The van der Waals surface area contributed by atoms with Crippen LogP contribution in [0.25, 0.3) is 0 Å². The maximum absolute atomic E-state index is 11.2. The highest BCUT2D eigenvalue weighted by Gasteiger charge is 2.62. The number of rotatable bonds is 1. The summed E-state index contributed by atoms with van der Waals surface area (Å²) in [5, 5.41) is 20.4. The lowest BCUT2D eigenvalue weighted by Gasteiger charge is -2.51. The van der Waals surface area contributed by atoms with E-state index in [1.54, 1.807) is 0 Å². The molecule has 4 heteroatoms. The molecule has 0 spiro atoms. The zero-order chi connectivity index (χ0) is 17.8. The van der Waals surface area contributed by atoms with Gasteiger partial charge in [-0.2, -0.15) is 5.26 Å². The van der Waals surface area contributed by atoms with Gasteiger partial charge in [-0.25, -0.2) is 0 Å². The SMILES string of the molecule is CC(=O)Oc1ccc2c(c1)CC[C@@H]1[C@H]3CC[C@](O)(C#N)[C@]3(C)CC[C@@H]21. The highest BCUT2D eigenvalue weighted by molar-refractivity contribution is 5.69. The standard InChI is InChI=1S/C21H25NO3/c1-13(23)25-15-4-6-16-14(11-15)3-5-18-17(16)7-9-20(2)19(18)8-10-21(20,24)12-22/h4,6,11,17-19,24H,3,5,7-10H2,1-2H3/t17-,18-,19+,20+,21-/m0/s1. The first kappa shape index (κ1) is 16.6. The Balaban J connectivity index is 1.65. The molecule has 2 fully saturated rings. The van der Waals surface area contributed by atoms with Gasteiger partial charge in [0, 0.05) is 12.3 Å². The summed E-state index contributed by atoms with van der Waals surface area (Å²) in [6.45, 7) is 3.55. The van der Waals surface area contributed by atoms with Crippen LogP contribution in [0.1, 0.15) is 63.0 Å². The van der Waals surface area contributed by atoms with Gasteiger partial charge in [0.05, 0.1) is 6.07 Å². The van der Waals surface area contributed by atoms with E-state index in [2.05, 4.69) is 19.1 Å². The van der Waals surface area contributed by atoms with Crippen molar-refractivity contribution in [1.82, 2.24) is 0 Å². The third-order valence-electron chi connectivity index (χ3n) is 7.30. The number of fused-ring (bicyclic) bond motifs is 5. The van der Waals surface area contributed by atoms with Crippen LogP contribution in [0.5, 0.6) is 5.75 Å². The Morgan fingerprint density at radius 2 is 2.12 bits per heavy atom. The largest absolute Gasteiger partial charge is 0.427 e. The maximum atomic E-state index is 11.2. The van der Waals surface area contributed by atoms with E-state index in [0.29, 0.717) is 29.9 Å². The van der Waals surface area contributed by atoms with E-state index in [-0.39, 0.29) is 11.4 Å². The zero-order valence-electron chi connectivity index (χ0n) is 14.9. The van der Waals surface area contributed by atoms with Gasteiger partial charge in [-0.3, -0.25) is 4.79 Å². The molecule has 3 aliphatic carbocycles. The summed E-state index contributed by atoms with van der Waals surface area (Å²) >= 11 is 0. The molecule has 0 aromatic heterocycles. The van der Waals surface area contributed by atoms with Crippen LogP contribution in [0.4, 0.5) is 0 Å². The van der Waals surface area contributed by atoms with E-state index in [9.17, 15) is 15.2 Å². The molecular weight excluding hydrogens is 314 g/mol. The van der Waals surface area contributed by atoms with Crippen molar-refractivity contribution in [2.75, 3.05) is 0 Å². The van der Waals surface area contributed by atoms with E-state index in [1.165, 1.54) is 18.1 Å². The van der Waals surface area contributed by atoms with Crippen LogP contribution < -0.4 is 4.74 Å². The minimum atomic E-state index is -1.16. The molecule has 1 N–H and O–H groups in total. The number of hydrogen-bond acceptors (Lipinski definition) is 4. The smallest absolute Gasteiger partial charge is 0.308 e. The molecular formula is C21H25NO3. The first-order valence-corrected chi connectivity index (χ1v) is 9.33. The Kier molecular flexibility index (Phi) is 3.70. The summed E-state index contributed by atoms with van der Waals surface area (Å²) in [4.78, 5) is 11.2. The summed E-state index contributed by atoms with van der Waals surface area (Å²) < 4.78 is 5.24. The second-order valence-corrected chi connectivity index (χ2v) is 8.34. The Hall–Kier alpha value is -1.86. The number of carbonyl (C=O) groups is 1. The third-order valence-corrected chi connectivity index (χ3v) is 7.30. The van der Waals surface area contributed by atoms with E-state index < -0.39 is 5.60 Å². The van der Waals surface area contributed by atoms with Gasteiger partial charge in [-0.05, 0) is 79.5 Å². The molecule has 0 amide bonds. The maximum Gasteiger partial charge on any atom is 0.308 e. The van der Waals surface area contributed by atoms with Crippen molar-refractivity contribution >= 4 is 5.97 Å². The lowest BCUT2D eigenvalue weighted by Crippen LogP contribution is -2.50. The molecule has 0 aliphatic heterocycles. The Morgan fingerprint density at radius 1 is 1.32 bits per heavy atom. The lowest BCUT2D eigenvalue weighted by molar-refractivity contribution is -0.131. The average molecular weight is 339 g/mol. The fourth-order valence-electron chi connectivity index (χ4n) is 5.99. The van der Waals surface area contributed by atoms with Gasteiger partial charge >= 0.3 is 5.97 Å². The van der Waals surface area contributed by atoms with Crippen LogP contribution in [0, 0.1) is 28.6 Å². The summed E-state index contributed by atoms with van der Waals surface area (Å²) in [6.07, 6.45) is 5.52. The Bertz CT molecular complexity index is 767. The molecule has 0 radical (unpaired) electrons. The van der Waals surface area contributed by atoms with Crippen molar-refractivity contribution in [2.24, 2.45) is 17.3 Å². The highest BCUT2D eigenvalue weighted by Crippen LogP contribution is 2.64. The van der Waals surface area contributed by atoms with Gasteiger partial charge in [-0.15, -0.1) is 0 Å². The lowest BCUT2D eigenvalue weighted by atomic mass is 9.53. The van der Waals surface area contributed by atoms with Gasteiger partial charge in [-0.1, -0.05) is 13.0 Å². The number of nitriles is 1. The Morgan fingerprint density at radius 3 is 2.84 bits per heavy atom. The molecule has 0 heterocycles. The van der Waals surface area contributed by atoms with Gasteiger partial charge in [0.2, 0.25) is 0 Å². The quantitative estimate of drug-likeness (QED) is 0.481. The number of nitrogens with zero attached hydrogens (tertiary/aromatic N) is 1. The second-order valence-electron chi connectivity index (χ2n) is 8.34. The number of aliphatic hydroxyl groups is 1. The summed E-state index contributed by atoms with van der Waals surface area (Å²) in [5.41, 5.74) is 1.22. The molecule has 0 bridgehead atoms. The minimum Gasteiger partial charge on any atom is -0.427 e. The van der Waals surface area contributed by atoms with Crippen LogP contribution in [-0.4, -0.2) is 16.7 Å². The molecule has 0 unspecified atom stereocenters. The molecule has 0 saturated heterocycles. The van der Waals surface area contributed by atoms with Crippen LogP contribution in [0.2, 0.25) is 0 Å². The van der Waals surface area contributed by atoms with Crippen molar-refractivity contribution in [3.63, 3.8) is 0 Å². The van der Waals surface area contributed by atoms with Crippen molar-refractivity contribution in [3.8, 4) is 11.8 Å². The number of ether oxygens (including phenoxy) is 1. The summed E-state index contributed by atoms with van der Waals surface area (Å²) in [6, 6.07) is 8.27. The van der Waals surface area contributed by atoms with E-state index in [0.717, 1.165) is 32.1 Å². The molecule has 132 valence electrons. The topological polar surface area (TPSA) is 70.3 Å². The van der Waals surface area contributed by atoms with Crippen molar-refractivity contribution in [2.45, 2.75) is 63.9 Å². The predicted octanol–water partition coefficient (Wildman–Crippen LogP) is 3.72. The van der Waals surface area contributed by atoms with E-state index in [4.69, 9.17) is 4.74 Å². The van der Waals surface area contributed by atoms with E-state index in [1.807, 2.05) is 12.1 Å². The fourth-order valence-corrected chi connectivity index (χ4v) is 5.99.